The number of ether oxygens (including phenoxy) is 1. The fourth-order valence-electron chi connectivity index (χ4n) is 1.53. The lowest BCUT2D eigenvalue weighted by Gasteiger charge is -2.09. The maximum Gasteiger partial charge on any atom is 0.331 e. The Hall–Kier alpha value is -2.21. The number of hydrogen-bond donors (Lipinski definition) is 1. The van der Waals surface area contributed by atoms with E-state index in [0.29, 0.717) is 11.4 Å². The molecule has 1 aromatic rings. The van der Waals surface area contributed by atoms with Crippen molar-refractivity contribution < 1.29 is 19.1 Å². The molecule has 1 atom stereocenters. The molecule has 1 amide bonds. The van der Waals surface area contributed by atoms with Gasteiger partial charge >= 0.3 is 5.97 Å². The summed E-state index contributed by atoms with van der Waals surface area (Å²) in [5.41, 5.74) is 0. The molecule has 22 heavy (non-hydrogen) atoms. The number of Topliss-reactive ketones (excluding diaryl/α,β-unsaturated/α-hetero) is 1. The first-order valence-electron chi connectivity index (χ1n) is 6.81. The van der Waals surface area contributed by atoms with E-state index in [-0.39, 0.29) is 11.7 Å². The number of esters is 1. The number of amides is 1. The molecule has 0 radical (unpaired) electrons. The van der Waals surface area contributed by atoms with Crippen LogP contribution in [0, 0.1) is 0 Å². The van der Waals surface area contributed by atoms with Crippen LogP contribution in [0.2, 0.25) is 0 Å². The first-order chi connectivity index (χ1) is 10.4. The van der Waals surface area contributed by atoms with Gasteiger partial charge < -0.3 is 10.1 Å². The fourth-order valence-corrected chi connectivity index (χ4v) is 2.50. The van der Waals surface area contributed by atoms with E-state index in [9.17, 15) is 14.4 Å². The van der Waals surface area contributed by atoms with Gasteiger partial charge in [0.15, 0.2) is 6.10 Å². The molecule has 0 fully saturated rings. The van der Waals surface area contributed by atoms with Crippen LogP contribution in [0.15, 0.2) is 36.4 Å². The van der Waals surface area contributed by atoms with E-state index in [2.05, 4.69) is 5.32 Å². The summed E-state index contributed by atoms with van der Waals surface area (Å²) in [4.78, 5) is 35.9. The van der Waals surface area contributed by atoms with Crippen molar-refractivity contribution in [3.8, 4) is 0 Å². The zero-order valence-corrected chi connectivity index (χ0v) is 13.6. The Labute approximate surface area is 133 Å². The number of rotatable bonds is 7. The predicted molar refractivity (Wildman–Crippen MR) is 85.7 cm³/mol. The average molecular weight is 321 g/mol. The molecule has 0 aliphatic carbocycles. The number of thiophene rings is 1. The van der Waals surface area contributed by atoms with E-state index in [4.69, 9.17) is 4.74 Å². The van der Waals surface area contributed by atoms with Gasteiger partial charge in [0.05, 0.1) is 11.4 Å². The zero-order chi connectivity index (χ0) is 16.5. The highest BCUT2D eigenvalue weighted by atomic mass is 32.1. The standard InChI is InChI=1S/C16H19NO4S/c1-4-5-6-7-15(19)21-11(2)16(20)14-9-8-13(22-14)10-17-12(3)18/h4-9,11H,10H2,1-3H3,(H,17,18)/b5-4+,7-6+. The zero-order valence-electron chi connectivity index (χ0n) is 12.8. The molecular formula is C16H19NO4S. The minimum atomic E-state index is -0.852. The van der Waals surface area contributed by atoms with Crippen molar-refractivity contribution >= 4 is 29.0 Å². The van der Waals surface area contributed by atoms with Gasteiger partial charge in [0.1, 0.15) is 0 Å². The van der Waals surface area contributed by atoms with Crippen LogP contribution < -0.4 is 5.32 Å². The van der Waals surface area contributed by atoms with Crippen molar-refractivity contribution in [3.63, 3.8) is 0 Å². The van der Waals surface area contributed by atoms with E-state index in [0.717, 1.165) is 4.88 Å². The minimum absolute atomic E-state index is 0.128. The van der Waals surface area contributed by atoms with Crippen molar-refractivity contribution in [2.75, 3.05) is 0 Å². The molecule has 6 heteroatoms. The Kier molecular flexibility index (Phi) is 7.25. The summed E-state index contributed by atoms with van der Waals surface area (Å²) in [5.74, 6) is -0.947. The fraction of sp³-hybridized carbons (Fsp3) is 0.312. The van der Waals surface area contributed by atoms with Gasteiger partial charge in [-0.05, 0) is 26.0 Å². The van der Waals surface area contributed by atoms with Crippen LogP contribution in [0.5, 0.6) is 0 Å². The second kappa shape index (κ2) is 8.94. The second-order valence-electron chi connectivity index (χ2n) is 4.50. The van der Waals surface area contributed by atoms with Gasteiger partial charge in [-0.15, -0.1) is 11.3 Å². The molecule has 118 valence electrons. The van der Waals surface area contributed by atoms with Crippen molar-refractivity contribution in [2.24, 2.45) is 0 Å². The van der Waals surface area contributed by atoms with Crippen LogP contribution in [0.3, 0.4) is 0 Å². The summed E-state index contributed by atoms with van der Waals surface area (Å²) >= 11 is 1.28. The Morgan fingerprint density at radius 1 is 1.32 bits per heavy atom. The third-order valence-electron chi connectivity index (χ3n) is 2.61. The maximum absolute atomic E-state index is 12.2. The van der Waals surface area contributed by atoms with Crippen LogP contribution in [0.25, 0.3) is 0 Å². The number of carbonyl (C=O) groups excluding carboxylic acids is 3. The Morgan fingerprint density at radius 2 is 2.05 bits per heavy atom. The van der Waals surface area contributed by atoms with E-state index in [1.807, 2.05) is 6.92 Å². The Morgan fingerprint density at radius 3 is 2.68 bits per heavy atom. The van der Waals surface area contributed by atoms with E-state index >= 15 is 0 Å². The van der Waals surface area contributed by atoms with Crippen LogP contribution in [0.4, 0.5) is 0 Å². The summed E-state index contributed by atoms with van der Waals surface area (Å²) in [5, 5.41) is 2.66. The number of hydrogen-bond acceptors (Lipinski definition) is 5. The van der Waals surface area contributed by atoms with Gasteiger partial charge in [-0.2, -0.15) is 0 Å². The third-order valence-corrected chi connectivity index (χ3v) is 3.71. The van der Waals surface area contributed by atoms with E-state index < -0.39 is 12.1 Å². The topological polar surface area (TPSA) is 72.5 Å². The van der Waals surface area contributed by atoms with Crippen molar-refractivity contribution in [3.05, 3.63) is 46.2 Å². The average Bonchev–Trinajstić information content (AvgIpc) is 2.93. The molecule has 1 N–H and O–H groups in total. The first-order valence-corrected chi connectivity index (χ1v) is 7.63. The lowest BCUT2D eigenvalue weighted by Crippen LogP contribution is -2.22. The third kappa shape index (κ3) is 6.05. The highest BCUT2D eigenvalue weighted by Gasteiger charge is 2.20. The van der Waals surface area contributed by atoms with Crippen LogP contribution in [-0.4, -0.2) is 23.8 Å². The Balaban J connectivity index is 2.59. The van der Waals surface area contributed by atoms with Gasteiger partial charge in [-0.25, -0.2) is 4.79 Å². The van der Waals surface area contributed by atoms with Gasteiger partial charge in [0.2, 0.25) is 11.7 Å². The largest absolute Gasteiger partial charge is 0.451 e. The highest BCUT2D eigenvalue weighted by Crippen LogP contribution is 2.19. The molecule has 0 aliphatic heterocycles. The molecular weight excluding hydrogens is 302 g/mol. The molecule has 1 aromatic heterocycles. The molecule has 0 aromatic carbocycles. The first kappa shape index (κ1) is 17.8. The van der Waals surface area contributed by atoms with Gasteiger partial charge in [0.25, 0.3) is 0 Å². The number of nitrogens with one attached hydrogen (secondary N) is 1. The SMILES string of the molecule is C/C=C/C=C/C(=O)OC(C)C(=O)c1ccc(CNC(C)=O)s1. The van der Waals surface area contributed by atoms with E-state index in [1.54, 1.807) is 30.4 Å². The molecule has 5 nitrogen and oxygen atoms in total. The highest BCUT2D eigenvalue weighted by molar-refractivity contribution is 7.14. The maximum atomic E-state index is 12.2. The Bertz CT molecular complexity index is 601. The lowest BCUT2D eigenvalue weighted by molar-refractivity contribution is -0.140. The molecule has 0 saturated heterocycles. The summed E-state index contributed by atoms with van der Waals surface area (Å²) in [7, 11) is 0. The minimum Gasteiger partial charge on any atom is -0.451 e. The van der Waals surface area contributed by atoms with Crippen molar-refractivity contribution in [1.82, 2.24) is 5.32 Å². The van der Waals surface area contributed by atoms with Crippen molar-refractivity contribution in [1.29, 1.82) is 0 Å². The predicted octanol–water partition coefficient (Wildman–Crippen LogP) is 2.63. The van der Waals surface area contributed by atoms with Gasteiger partial charge in [0, 0.05) is 17.9 Å². The molecule has 1 rings (SSSR count). The summed E-state index contributed by atoms with van der Waals surface area (Å²) < 4.78 is 5.05. The van der Waals surface area contributed by atoms with Crippen LogP contribution >= 0.6 is 11.3 Å². The van der Waals surface area contributed by atoms with Gasteiger partial charge in [-0.1, -0.05) is 18.2 Å². The molecule has 1 unspecified atom stereocenters. The summed E-state index contributed by atoms with van der Waals surface area (Å²) in [6.07, 6.45) is 5.44. The normalized spacial score (nSPS) is 12.5. The molecule has 0 bridgehead atoms. The monoisotopic (exact) mass is 321 g/mol. The molecule has 0 aliphatic rings. The summed E-state index contributed by atoms with van der Waals surface area (Å²) in [6, 6.07) is 3.44. The van der Waals surface area contributed by atoms with E-state index in [1.165, 1.54) is 31.3 Å². The number of ketones is 1. The summed E-state index contributed by atoms with van der Waals surface area (Å²) in [6.45, 7) is 5.18. The lowest BCUT2D eigenvalue weighted by atomic mass is 10.2. The quantitative estimate of drug-likeness (QED) is 0.363. The smallest absolute Gasteiger partial charge is 0.331 e. The van der Waals surface area contributed by atoms with Crippen LogP contribution in [-0.2, 0) is 20.9 Å². The molecule has 0 saturated carbocycles. The molecule has 1 heterocycles. The number of allylic oxidation sites excluding steroid dienone is 3. The van der Waals surface area contributed by atoms with Gasteiger partial charge in [-0.3, -0.25) is 9.59 Å². The molecule has 0 spiro atoms. The van der Waals surface area contributed by atoms with Crippen LogP contribution in [0.1, 0.15) is 35.3 Å². The number of carbonyl (C=O) groups is 3. The van der Waals surface area contributed by atoms with Crippen molar-refractivity contribution in [2.45, 2.75) is 33.4 Å². The second-order valence-corrected chi connectivity index (χ2v) is 5.67.